The van der Waals surface area contributed by atoms with Crippen molar-refractivity contribution in [1.29, 1.82) is 0 Å². The van der Waals surface area contributed by atoms with Crippen molar-refractivity contribution in [2.45, 2.75) is 24.3 Å². The molecule has 0 saturated carbocycles. The molecule has 1 aromatic carbocycles. The van der Waals surface area contributed by atoms with Crippen LogP contribution in [0.4, 0.5) is 0 Å². The second-order valence-electron chi connectivity index (χ2n) is 5.02. The van der Waals surface area contributed by atoms with Crippen molar-refractivity contribution >= 4 is 15.9 Å². The first-order valence-electron chi connectivity index (χ1n) is 6.75. The van der Waals surface area contributed by atoms with E-state index in [1.807, 2.05) is 14.0 Å². The number of hydrogen-bond donors (Lipinski definition) is 2. The van der Waals surface area contributed by atoms with E-state index in [1.165, 1.54) is 4.90 Å². The summed E-state index contributed by atoms with van der Waals surface area (Å²) < 4.78 is 26.6. The van der Waals surface area contributed by atoms with Gasteiger partial charge in [0.25, 0.3) is 0 Å². The van der Waals surface area contributed by atoms with Crippen LogP contribution in [0.15, 0.2) is 29.2 Å². The van der Waals surface area contributed by atoms with E-state index in [9.17, 15) is 13.2 Å². The van der Waals surface area contributed by atoms with Crippen molar-refractivity contribution < 1.29 is 13.2 Å². The zero-order valence-corrected chi connectivity index (χ0v) is 13.7. The van der Waals surface area contributed by atoms with Gasteiger partial charge in [-0.3, -0.25) is 4.79 Å². The van der Waals surface area contributed by atoms with Gasteiger partial charge in [0, 0.05) is 33.1 Å². The third kappa shape index (κ3) is 5.11. The molecule has 0 aromatic heterocycles. The number of carbonyl (C=O) groups excluding carboxylic acids is 1. The maximum absolute atomic E-state index is 12.1. The second-order valence-corrected chi connectivity index (χ2v) is 6.78. The van der Waals surface area contributed by atoms with E-state index in [4.69, 9.17) is 0 Å². The molecular weight excluding hydrogens is 290 g/mol. The second kappa shape index (κ2) is 7.53. The highest BCUT2D eigenvalue weighted by atomic mass is 32.2. The van der Waals surface area contributed by atoms with Crippen molar-refractivity contribution in [3.63, 3.8) is 0 Å². The van der Waals surface area contributed by atoms with Gasteiger partial charge in [0.2, 0.25) is 15.9 Å². The number of hydrogen-bond acceptors (Lipinski definition) is 4. The predicted octanol–water partition coefficient (Wildman–Crippen LogP) is 0.724. The maximum Gasteiger partial charge on any atom is 0.240 e. The fourth-order valence-electron chi connectivity index (χ4n) is 1.70. The first-order chi connectivity index (χ1) is 9.77. The monoisotopic (exact) mass is 313 g/mol. The van der Waals surface area contributed by atoms with E-state index in [0.29, 0.717) is 0 Å². The average Bonchev–Trinajstić information content (AvgIpc) is 2.46. The van der Waals surface area contributed by atoms with Gasteiger partial charge in [-0.2, -0.15) is 0 Å². The number of nitrogens with one attached hydrogen (secondary N) is 2. The molecule has 0 radical (unpaired) electrons. The van der Waals surface area contributed by atoms with Gasteiger partial charge in [-0.25, -0.2) is 13.1 Å². The maximum atomic E-state index is 12.1. The van der Waals surface area contributed by atoms with Crippen molar-refractivity contribution in [3.05, 3.63) is 29.8 Å². The molecule has 0 aliphatic heterocycles. The predicted molar refractivity (Wildman–Crippen MR) is 82.4 cm³/mol. The number of rotatable bonds is 7. The van der Waals surface area contributed by atoms with Crippen molar-refractivity contribution in [2.24, 2.45) is 0 Å². The highest BCUT2D eigenvalue weighted by Gasteiger charge is 2.15. The minimum atomic E-state index is -3.57. The normalized spacial score (nSPS) is 13.0. The van der Waals surface area contributed by atoms with E-state index in [1.54, 1.807) is 38.4 Å². The minimum absolute atomic E-state index is 0.0913. The Balaban J connectivity index is 2.68. The Labute approximate surface area is 126 Å². The molecule has 0 bridgehead atoms. The van der Waals surface area contributed by atoms with Gasteiger partial charge in [-0.15, -0.1) is 0 Å². The standard InChI is InChI=1S/C14H23N3O3S/c1-11(15-2)12-5-7-13(8-6-12)21(19,20)16-10-9-14(18)17(3)4/h5-8,11,15-16H,9-10H2,1-4H3. The Morgan fingerprint density at radius 2 is 1.81 bits per heavy atom. The molecule has 0 saturated heterocycles. The van der Waals surface area contributed by atoms with Crippen LogP contribution >= 0.6 is 0 Å². The smallest absolute Gasteiger partial charge is 0.240 e. The zero-order valence-electron chi connectivity index (χ0n) is 12.9. The van der Waals surface area contributed by atoms with E-state index in [-0.39, 0.29) is 29.8 Å². The summed E-state index contributed by atoms with van der Waals surface area (Å²) in [6, 6.07) is 6.85. The summed E-state index contributed by atoms with van der Waals surface area (Å²) in [6.07, 6.45) is 0.140. The Kier molecular flexibility index (Phi) is 6.32. The van der Waals surface area contributed by atoms with Crippen molar-refractivity contribution in [2.75, 3.05) is 27.7 Å². The van der Waals surface area contributed by atoms with Gasteiger partial charge in [0.15, 0.2) is 0 Å². The molecular formula is C14H23N3O3S. The number of amides is 1. The lowest BCUT2D eigenvalue weighted by Gasteiger charge is -2.12. The third-order valence-corrected chi connectivity index (χ3v) is 4.73. The van der Waals surface area contributed by atoms with E-state index in [2.05, 4.69) is 10.0 Å². The molecule has 118 valence electrons. The van der Waals surface area contributed by atoms with E-state index >= 15 is 0 Å². The number of nitrogens with zero attached hydrogens (tertiary/aromatic N) is 1. The molecule has 21 heavy (non-hydrogen) atoms. The van der Waals surface area contributed by atoms with Gasteiger partial charge in [-0.05, 0) is 31.7 Å². The van der Waals surface area contributed by atoms with Gasteiger partial charge < -0.3 is 10.2 Å². The molecule has 0 heterocycles. The van der Waals surface area contributed by atoms with Crippen LogP contribution in [0.1, 0.15) is 24.9 Å². The summed E-state index contributed by atoms with van der Waals surface area (Å²) in [5.74, 6) is -0.115. The fraction of sp³-hybridized carbons (Fsp3) is 0.500. The largest absolute Gasteiger partial charge is 0.349 e. The quantitative estimate of drug-likeness (QED) is 0.777. The molecule has 1 rings (SSSR count). The fourth-order valence-corrected chi connectivity index (χ4v) is 2.73. The molecule has 1 unspecified atom stereocenters. The van der Waals surface area contributed by atoms with Crippen LogP contribution < -0.4 is 10.0 Å². The van der Waals surface area contributed by atoms with Crippen molar-refractivity contribution in [1.82, 2.24) is 14.9 Å². The summed E-state index contributed by atoms with van der Waals surface area (Å²) in [5.41, 5.74) is 1.01. The first kappa shape index (κ1) is 17.6. The molecule has 0 fully saturated rings. The Bertz CT molecular complexity index is 568. The lowest BCUT2D eigenvalue weighted by atomic mass is 10.1. The molecule has 0 aliphatic rings. The van der Waals surface area contributed by atoms with E-state index < -0.39 is 10.0 Å². The Morgan fingerprint density at radius 3 is 2.29 bits per heavy atom. The van der Waals surface area contributed by atoms with Crippen LogP contribution in [0.2, 0.25) is 0 Å². The van der Waals surface area contributed by atoms with Crippen LogP contribution in [-0.4, -0.2) is 46.9 Å². The molecule has 1 aromatic rings. The van der Waals surface area contributed by atoms with E-state index in [0.717, 1.165) is 5.56 Å². The minimum Gasteiger partial charge on any atom is -0.349 e. The molecule has 0 aliphatic carbocycles. The summed E-state index contributed by atoms with van der Waals surface area (Å²) in [4.78, 5) is 13.0. The van der Waals surface area contributed by atoms with Gasteiger partial charge in [0.05, 0.1) is 4.90 Å². The topological polar surface area (TPSA) is 78.5 Å². The number of benzene rings is 1. The Hall–Kier alpha value is -1.44. The summed E-state index contributed by atoms with van der Waals surface area (Å²) in [7, 11) is 1.55. The molecule has 1 atom stereocenters. The van der Waals surface area contributed by atoms with Crippen molar-refractivity contribution in [3.8, 4) is 0 Å². The summed E-state index contributed by atoms with van der Waals surface area (Å²) >= 11 is 0. The SMILES string of the molecule is CNC(C)c1ccc(S(=O)(=O)NCCC(=O)N(C)C)cc1. The lowest BCUT2D eigenvalue weighted by Crippen LogP contribution is -2.30. The number of sulfonamides is 1. The van der Waals surface area contributed by atoms with Gasteiger partial charge in [0.1, 0.15) is 0 Å². The van der Waals surface area contributed by atoms with Crippen LogP contribution in [0.25, 0.3) is 0 Å². The molecule has 0 spiro atoms. The molecule has 1 amide bonds. The summed E-state index contributed by atoms with van der Waals surface area (Å²) in [5, 5.41) is 3.09. The highest BCUT2D eigenvalue weighted by Crippen LogP contribution is 2.15. The van der Waals surface area contributed by atoms with Crippen LogP contribution in [-0.2, 0) is 14.8 Å². The first-order valence-corrected chi connectivity index (χ1v) is 8.23. The Morgan fingerprint density at radius 1 is 1.24 bits per heavy atom. The van der Waals surface area contributed by atoms with Crippen LogP contribution in [0.5, 0.6) is 0 Å². The van der Waals surface area contributed by atoms with Crippen LogP contribution in [0, 0.1) is 0 Å². The average molecular weight is 313 g/mol. The lowest BCUT2D eigenvalue weighted by molar-refractivity contribution is -0.128. The van der Waals surface area contributed by atoms with Gasteiger partial charge >= 0.3 is 0 Å². The molecule has 2 N–H and O–H groups in total. The molecule has 7 heteroatoms. The highest BCUT2D eigenvalue weighted by molar-refractivity contribution is 7.89. The van der Waals surface area contributed by atoms with Crippen LogP contribution in [0.3, 0.4) is 0 Å². The third-order valence-electron chi connectivity index (χ3n) is 3.25. The summed E-state index contributed by atoms with van der Waals surface area (Å²) in [6.45, 7) is 2.09. The zero-order chi connectivity index (χ0) is 16.0. The van der Waals surface area contributed by atoms with Gasteiger partial charge in [-0.1, -0.05) is 12.1 Å². The molecule has 6 nitrogen and oxygen atoms in total. The number of carbonyl (C=O) groups is 1.